The maximum atomic E-state index is 14.0. The lowest BCUT2D eigenvalue weighted by atomic mass is 10.1. The number of hydrogen-bond donors (Lipinski definition) is 2. The second kappa shape index (κ2) is 12.3. The summed E-state index contributed by atoms with van der Waals surface area (Å²) in [5.41, 5.74) is 3.69. The number of halogens is 5. The molecular weight excluding hydrogens is 567 g/mol. The molecule has 0 saturated carbocycles. The van der Waals surface area contributed by atoms with Crippen LogP contribution in [0.4, 0.5) is 33.5 Å². The minimum atomic E-state index is -5.08. The molecule has 2 N–H and O–H groups in total. The number of nitrogens with one attached hydrogen (secondary N) is 1. The highest BCUT2D eigenvalue weighted by molar-refractivity contribution is 7.92. The molecule has 1 unspecified atom stereocenters. The van der Waals surface area contributed by atoms with E-state index in [9.17, 15) is 30.4 Å². The van der Waals surface area contributed by atoms with Crippen molar-refractivity contribution < 1.29 is 40.3 Å². The Morgan fingerprint density at radius 2 is 1.92 bits per heavy atom. The van der Waals surface area contributed by atoms with Gasteiger partial charge in [-0.05, 0) is 55.3 Å². The van der Waals surface area contributed by atoms with E-state index >= 15 is 0 Å². The summed E-state index contributed by atoms with van der Waals surface area (Å²) in [6.45, 7) is 3.71. The van der Waals surface area contributed by atoms with E-state index in [0.29, 0.717) is 24.5 Å². The number of aliphatic carboxylic acids is 1. The van der Waals surface area contributed by atoms with Gasteiger partial charge in [-0.25, -0.2) is 27.0 Å². The molecule has 3 aromatic rings. The van der Waals surface area contributed by atoms with Crippen LogP contribution in [0, 0.1) is 18.6 Å². The Labute approximate surface area is 225 Å². The van der Waals surface area contributed by atoms with Gasteiger partial charge < -0.3 is 10.0 Å². The summed E-state index contributed by atoms with van der Waals surface area (Å²) in [6, 6.07) is 8.75. The lowest BCUT2D eigenvalue weighted by Crippen LogP contribution is -2.35. The quantitative estimate of drug-likeness (QED) is 0.378. The molecule has 0 radical (unpaired) electrons. The Kier molecular flexibility index (Phi) is 9.51. The first-order valence-electron chi connectivity index (χ1n) is 11.4. The van der Waals surface area contributed by atoms with Gasteiger partial charge in [0.2, 0.25) is 0 Å². The zero-order valence-electron chi connectivity index (χ0n) is 20.7. The van der Waals surface area contributed by atoms with Crippen molar-refractivity contribution in [1.82, 2.24) is 9.88 Å². The van der Waals surface area contributed by atoms with Crippen molar-refractivity contribution in [3.63, 3.8) is 0 Å². The summed E-state index contributed by atoms with van der Waals surface area (Å²) in [4.78, 5) is 17.3. The predicted molar refractivity (Wildman–Crippen MR) is 136 cm³/mol. The van der Waals surface area contributed by atoms with E-state index in [1.54, 1.807) is 29.1 Å². The molecule has 1 fully saturated rings. The molecule has 0 bridgehead atoms. The van der Waals surface area contributed by atoms with Crippen LogP contribution < -0.4 is 9.62 Å². The number of sulfonamides is 1. The molecular formula is C24H25F5N4O4S2. The maximum absolute atomic E-state index is 14.0. The number of likely N-dealkylation sites (tertiary alicyclic amines) is 1. The highest BCUT2D eigenvalue weighted by Crippen LogP contribution is 2.28. The number of benzene rings is 2. The van der Waals surface area contributed by atoms with Gasteiger partial charge in [-0.1, -0.05) is 0 Å². The molecule has 1 aromatic heterocycles. The van der Waals surface area contributed by atoms with Crippen LogP contribution in [0.5, 0.6) is 0 Å². The Hall–Kier alpha value is -3.30. The second-order valence-corrected chi connectivity index (χ2v) is 11.2. The molecule has 4 rings (SSSR count). The number of likely N-dealkylation sites (N-methyl/N-ethyl adjacent to an activating group) is 1. The number of hydrogen-bond acceptors (Lipinski definition) is 7. The second-order valence-electron chi connectivity index (χ2n) is 8.75. The van der Waals surface area contributed by atoms with Crippen LogP contribution in [-0.2, 0) is 21.4 Å². The van der Waals surface area contributed by atoms with E-state index in [1.807, 2.05) is 14.0 Å². The number of aryl methyl sites for hydroxylation is 1. The standard InChI is InChI=1S/C22H24F2N4O2S2.C2HF3O2/c1-15-9-19(32(29,30)26-22-13-31-14-25-22)4-6-21(15)27(2)18-7-8-28(12-18)11-16-10-17(23)3-5-20(16)24;3-2(4,5)1(6)7/h3-6,9-10,13-14,18,26H,7-8,11-12H2,1-2H3;(H,6,7). The summed E-state index contributed by atoms with van der Waals surface area (Å²) < 4.78 is 86.9. The number of thiazole rings is 1. The molecule has 2 heterocycles. The normalized spacial score (nSPS) is 15.9. The van der Waals surface area contributed by atoms with Crippen LogP contribution in [0.1, 0.15) is 17.5 Å². The molecule has 1 aliphatic rings. The number of alkyl halides is 3. The van der Waals surface area contributed by atoms with E-state index in [4.69, 9.17) is 9.90 Å². The molecule has 0 aliphatic carbocycles. The van der Waals surface area contributed by atoms with Crippen LogP contribution in [0.15, 0.2) is 52.2 Å². The number of nitrogens with zero attached hydrogens (tertiary/aromatic N) is 3. The molecule has 1 aliphatic heterocycles. The van der Waals surface area contributed by atoms with E-state index < -0.39 is 33.8 Å². The third-order valence-corrected chi connectivity index (χ3v) is 7.91. The minimum Gasteiger partial charge on any atom is -0.475 e. The third-order valence-electron chi connectivity index (χ3n) is 5.97. The first-order chi connectivity index (χ1) is 18.2. The average molecular weight is 593 g/mol. The average Bonchev–Trinajstić information content (AvgIpc) is 3.53. The van der Waals surface area contributed by atoms with E-state index in [0.717, 1.165) is 36.3 Å². The Bertz CT molecular complexity index is 1400. The zero-order valence-corrected chi connectivity index (χ0v) is 22.4. The summed E-state index contributed by atoms with van der Waals surface area (Å²) in [5, 5.41) is 8.76. The molecule has 1 saturated heterocycles. The van der Waals surface area contributed by atoms with Crippen molar-refractivity contribution in [3.8, 4) is 0 Å². The monoisotopic (exact) mass is 592 g/mol. The zero-order chi connectivity index (χ0) is 29.0. The van der Waals surface area contributed by atoms with E-state index in [2.05, 4.69) is 19.5 Å². The van der Waals surface area contributed by atoms with Crippen LogP contribution >= 0.6 is 11.3 Å². The van der Waals surface area contributed by atoms with Gasteiger partial charge in [0.05, 0.1) is 10.4 Å². The SMILES string of the molecule is Cc1cc(S(=O)(=O)Nc2cscn2)ccc1N(C)C1CCN(Cc2cc(F)ccc2F)C1.O=C(O)C(F)(F)F. The van der Waals surface area contributed by atoms with Crippen LogP contribution in [-0.4, -0.2) is 61.7 Å². The fourth-order valence-electron chi connectivity index (χ4n) is 4.02. The van der Waals surface area contributed by atoms with Gasteiger partial charge >= 0.3 is 12.1 Å². The predicted octanol–water partition coefficient (Wildman–Crippen LogP) is 4.87. The molecule has 0 spiro atoms. The molecule has 212 valence electrons. The first-order valence-corrected chi connectivity index (χ1v) is 13.8. The van der Waals surface area contributed by atoms with Crippen molar-refractivity contribution in [2.75, 3.05) is 29.8 Å². The summed E-state index contributed by atoms with van der Waals surface area (Å²) in [7, 11) is -1.74. The van der Waals surface area contributed by atoms with Gasteiger partial charge in [0.25, 0.3) is 10.0 Å². The number of anilines is 2. The highest BCUT2D eigenvalue weighted by Gasteiger charge is 2.38. The van der Waals surface area contributed by atoms with Gasteiger partial charge in [-0.2, -0.15) is 13.2 Å². The molecule has 8 nitrogen and oxygen atoms in total. The van der Waals surface area contributed by atoms with E-state index in [1.165, 1.54) is 17.4 Å². The Morgan fingerprint density at radius 1 is 1.23 bits per heavy atom. The Balaban J connectivity index is 0.000000532. The number of carbonyl (C=O) groups is 1. The highest BCUT2D eigenvalue weighted by atomic mass is 32.2. The van der Waals surface area contributed by atoms with Crippen LogP contribution in [0.3, 0.4) is 0 Å². The van der Waals surface area contributed by atoms with Crippen LogP contribution in [0.2, 0.25) is 0 Å². The fraction of sp³-hybridized carbons (Fsp3) is 0.333. The lowest BCUT2D eigenvalue weighted by Gasteiger charge is -2.29. The number of rotatable bonds is 7. The molecule has 1 atom stereocenters. The van der Waals surface area contributed by atoms with Crippen LogP contribution in [0.25, 0.3) is 0 Å². The Morgan fingerprint density at radius 3 is 2.51 bits per heavy atom. The van der Waals surface area contributed by atoms with Crippen molar-refractivity contribution in [2.24, 2.45) is 0 Å². The maximum Gasteiger partial charge on any atom is 0.490 e. The van der Waals surface area contributed by atoms with Gasteiger partial charge in [-0.3, -0.25) is 9.62 Å². The largest absolute Gasteiger partial charge is 0.490 e. The lowest BCUT2D eigenvalue weighted by molar-refractivity contribution is -0.192. The number of aromatic nitrogens is 1. The van der Waals surface area contributed by atoms with Gasteiger partial charge in [0, 0.05) is 49.4 Å². The van der Waals surface area contributed by atoms with Crippen molar-refractivity contribution in [3.05, 3.63) is 70.1 Å². The van der Waals surface area contributed by atoms with E-state index in [-0.39, 0.29) is 10.9 Å². The minimum absolute atomic E-state index is 0.176. The molecule has 0 amide bonds. The summed E-state index contributed by atoms with van der Waals surface area (Å²) in [6.07, 6.45) is -4.21. The van der Waals surface area contributed by atoms with Gasteiger partial charge in [0.15, 0.2) is 5.82 Å². The van der Waals surface area contributed by atoms with Crippen molar-refractivity contribution in [2.45, 2.75) is 37.0 Å². The van der Waals surface area contributed by atoms with Crippen molar-refractivity contribution >= 4 is 38.8 Å². The smallest absolute Gasteiger partial charge is 0.475 e. The van der Waals surface area contributed by atoms with Gasteiger partial charge in [-0.15, -0.1) is 11.3 Å². The number of carboxylic acid groups (broad SMARTS) is 1. The molecule has 39 heavy (non-hydrogen) atoms. The summed E-state index contributed by atoms with van der Waals surface area (Å²) >= 11 is 1.31. The molecule has 15 heteroatoms. The molecule has 2 aromatic carbocycles. The summed E-state index contributed by atoms with van der Waals surface area (Å²) in [5.74, 6) is -3.30. The topological polar surface area (TPSA) is 103 Å². The first kappa shape index (κ1) is 30.2. The van der Waals surface area contributed by atoms with Gasteiger partial charge in [0.1, 0.15) is 11.6 Å². The third kappa shape index (κ3) is 8.10. The van der Waals surface area contributed by atoms with Crippen molar-refractivity contribution in [1.29, 1.82) is 0 Å². The number of carboxylic acids is 1. The fourth-order valence-corrected chi connectivity index (χ4v) is 5.67.